The van der Waals surface area contributed by atoms with E-state index in [2.05, 4.69) is 0 Å². The topological polar surface area (TPSA) is 18.5 Å². The first-order valence-electron chi connectivity index (χ1n) is 2.47. The van der Waals surface area contributed by atoms with Gasteiger partial charge >= 0.3 is 0 Å². The number of rotatable bonds is 0. The summed E-state index contributed by atoms with van der Waals surface area (Å²) in [5, 5.41) is 0. The van der Waals surface area contributed by atoms with Gasteiger partial charge in [-0.1, -0.05) is 0 Å². The summed E-state index contributed by atoms with van der Waals surface area (Å²) >= 11 is 0. The van der Waals surface area contributed by atoms with E-state index in [9.17, 15) is 0 Å². The molecule has 7 heavy (non-hydrogen) atoms. The van der Waals surface area contributed by atoms with E-state index < -0.39 is 0 Å². The summed E-state index contributed by atoms with van der Waals surface area (Å²) in [6, 6.07) is 0. The Bertz CT molecular complexity index is 25.7. The van der Waals surface area contributed by atoms with Crippen molar-refractivity contribution < 1.29 is 9.47 Å². The van der Waals surface area contributed by atoms with E-state index >= 15 is 0 Å². The van der Waals surface area contributed by atoms with Crippen LogP contribution in [0, 0.1) is 6.42 Å². The van der Waals surface area contributed by atoms with Gasteiger partial charge in [0.15, 0.2) is 0 Å². The average molecular weight is 101 g/mol. The third-order valence-corrected chi connectivity index (χ3v) is 0.843. The van der Waals surface area contributed by atoms with Crippen molar-refractivity contribution in [2.45, 2.75) is 0 Å². The molecule has 0 aliphatic carbocycles. The zero-order valence-corrected chi connectivity index (χ0v) is 4.22. The van der Waals surface area contributed by atoms with Gasteiger partial charge in [-0.15, -0.1) is 0 Å². The molecule has 0 N–H and O–H groups in total. The van der Waals surface area contributed by atoms with Gasteiger partial charge in [0, 0.05) is 6.42 Å². The largest absolute Gasteiger partial charge is 0.379 e. The highest BCUT2D eigenvalue weighted by atomic mass is 16.5. The maximum atomic E-state index is 5.01. The molecule has 0 amide bonds. The SMILES string of the molecule is [CH]1COCCOC1. The minimum absolute atomic E-state index is 0.747. The molecule has 0 aromatic carbocycles. The molecule has 2 nitrogen and oxygen atoms in total. The van der Waals surface area contributed by atoms with Crippen molar-refractivity contribution in [1.82, 2.24) is 0 Å². The highest BCUT2D eigenvalue weighted by molar-refractivity contribution is 4.62. The number of ether oxygens (including phenoxy) is 2. The Labute approximate surface area is 43.4 Å². The Hall–Kier alpha value is -0.0800. The average Bonchev–Trinajstić information content (AvgIpc) is 1.90. The van der Waals surface area contributed by atoms with Crippen molar-refractivity contribution >= 4 is 0 Å². The normalized spacial score (nSPS) is 24.0. The molecule has 0 saturated carbocycles. The lowest BCUT2D eigenvalue weighted by molar-refractivity contribution is 0.103. The van der Waals surface area contributed by atoms with Crippen LogP contribution in [0.15, 0.2) is 0 Å². The molecule has 2 heteroatoms. The van der Waals surface area contributed by atoms with Crippen molar-refractivity contribution in [3.8, 4) is 0 Å². The molecule has 41 valence electrons. The van der Waals surface area contributed by atoms with Gasteiger partial charge in [0.05, 0.1) is 26.4 Å². The van der Waals surface area contributed by atoms with Crippen molar-refractivity contribution in [3.05, 3.63) is 6.42 Å². The van der Waals surface area contributed by atoms with Gasteiger partial charge in [-0.25, -0.2) is 0 Å². The van der Waals surface area contributed by atoms with Crippen molar-refractivity contribution in [2.75, 3.05) is 26.4 Å². The second-order valence-electron chi connectivity index (χ2n) is 1.44. The highest BCUT2D eigenvalue weighted by Crippen LogP contribution is 1.89. The second kappa shape index (κ2) is 2.99. The molecule has 1 fully saturated rings. The fraction of sp³-hybridized carbons (Fsp3) is 0.800. The van der Waals surface area contributed by atoms with E-state index in [4.69, 9.17) is 9.47 Å². The summed E-state index contributed by atoms with van der Waals surface area (Å²) in [5.41, 5.74) is 0. The fourth-order valence-electron chi connectivity index (χ4n) is 0.499. The van der Waals surface area contributed by atoms with Crippen LogP contribution < -0.4 is 0 Å². The smallest absolute Gasteiger partial charge is 0.0700 e. The molecule has 0 aromatic rings. The van der Waals surface area contributed by atoms with Crippen molar-refractivity contribution in [2.24, 2.45) is 0 Å². The van der Waals surface area contributed by atoms with Crippen molar-refractivity contribution in [1.29, 1.82) is 0 Å². The van der Waals surface area contributed by atoms with Gasteiger partial charge in [0.25, 0.3) is 0 Å². The third kappa shape index (κ3) is 1.90. The lowest BCUT2D eigenvalue weighted by Gasteiger charge is -1.91. The molecule has 0 spiro atoms. The Morgan fingerprint density at radius 3 is 2.14 bits per heavy atom. The number of hydrogen-bond donors (Lipinski definition) is 0. The van der Waals surface area contributed by atoms with E-state index in [-0.39, 0.29) is 0 Å². The van der Waals surface area contributed by atoms with Crippen molar-refractivity contribution in [3.63, 3.8) is 0 Å². The van der Waals surface area contributed by atoms with Crippen LogP contribution in [-0.2, 0) is 9.47 Å². The van der Waals surface area contributed by atoms with E-state index in [1.54, 1.807) is 0 Å². The lowest BCUT2D eigenvalue weighted by Crippen LogP contribution is -1.96. The van der Waals surface area contributed by atoms with E-state index in [1.807, 2.05) is 6.42 Å². The molecule has 1 aliphatic heterocycles. The van der Waals surface area contributed by atoms with Gasteiger partial charge in [0.2, 0.25) is 0 Å². The number of hydrogen-bond acceptors (Lipinski definition) is 2. The lowest BCUT2D eigenvalue weighted by atomic mass is 10.5. The zero-order valence-electron chi connectivity index (χ0n) is 4.22. The van der Waals surface area contributed by atoms with Crippen LogP contribution in [0.5, 0.6) is 0 Å². The van der Waals surface area contributed by atoms with Crippen LogP contribution >= 0.6 is 0 Å². The molecule has 0 atom stereocenters. The Morgan fingerprint density at radius 2 is 1.57 bits per heavy atom. The Kier molecular flexibility index (Phi) is 2.17. The molecule has 0 aromatic heterocycles. The zero-order chi connectivity index (χ0) is 4.95. The summed E-state index contributed by atoms with van der Waals surface area (Å²) in [6.07, 6.45) is 1.98. The molecule has 1 rings (SSSR count). The first kappa shape index (κ1) is 5.06. The minimum atomic E-state index is 0.747. The second-order valence-corrected chi connectivity index (χ2v) is 1.44. The molecular weight excluding hydrogens is 92.1 g/mol. The maximum absolute atomic E-state index is 5.01. The van der Waals surface area contributed by atoms with Crippen LogP contribution in [-0.4, -0.2) is 26.4 Å². The highest BCUT2D eigenvalue weighted by Gasteiger charge is 1.95. The standard InChI is InChI=1S/C5H9O2/c1-2-6-4-5-7-3-1/h1H,2-5H2. The first-order valence-corrected chi connectivity index (χ1v) is 2.47. The molecule has 1 saturated heterocycles. The Balaban J connectivity index is 2.04. The minimum Gasteiger partial charge on any atom is -0.379 e. The predicted octanol–water partition coefficient (Wildman–Crippen LogP) is 0.237. The van der Waals surface area contributed by atoms with E-state index in [0.29, 0.717) is 0 Å². The molecule has 1 heterocycles. The van der Waals surface area contributed by atoms with Gasteiger partial charge < -0.3 is 9.47 Å². The van der Waals surface area contributed by atoms with Crippen LogP contribution in [0.3, 0.4) is 0 Å². The first-order chi connectivity index (χ1) is 3.50. The van der Waals surface area contributed by atoms with E-state index in [1.165, 1.54) is 0 Å². The predicted molar refractivity (Wildman–Crippen MR) is 25.9 cm³/mol. The fourth-order valence-corrected chi connectivity index (χ4v) is 0.499. The maximum Gasteiger partial charge on any atom is 0.0700 e. The van der Waals surface area contributed by atoms with Crippen LogP contribution in [0.4, 0.5) is 0 Å². The summed E-state index contributed by atoms with van der Waals surface area (Å²) < 4.78 is 10.0. The van der Waals surface area contributed by atoms with Gasteiger partial charge in [-0.3, -0.25) is 0 Å². The van der Waals surface area contributed by atoms with Gasteiger partial charge in [0.1, 0.15) is 0 Å². The molecule has 0 bridgehead atoms. The van der Waals surface area contributed by atoms with Crippen LogP contribution in [0.2, 0.25) is 0 Å². The van der Waals surface area contributed by atoms with Gasteiger partial charge in [-0.05, 0) is 0 Å². The summed E-state index contributed by atoms with van der Waals surface area (Å²) in [4.78, 5) is 0. The molecular formula is C5H9O2. The monoisotopic (exact) mass is 101 g/mol. The summed E-state index contributed by atoms with van der Waals surface area (Å²) in [5.74, 6) is 0. The van der Waals surface area contributed by atoms with Crippen LogP contribution in [0.1, 0.15) is 0 Å². The summed E-state index contributed by atoms with van der Waals surface area (Å²) in [7, 11) is 0. The van der Waals surface area contributed by atoms with Gasteiger partial charge in [-0.2, -0.15) is 0 Å². The van der Waals surface area contributed by atoms with Crippen LogP contribution in [0.25, 0.3) is 0 Å². The quantitative estimate of drug-likeness (QED) is 0.435. The summed E-state index contributed by atoms with van der Waals surface area (Å²) in [6.45, 7) is 2.99. The Morgan fingerprint density at radius 1 is 1.00 bits per heavy atom. The molecule has 1 radical (unpaired) electrons. The van der Waals surface area contributed by atoms with E-state index in [0.717, 1.165) is 26.4 Å². The third-order valence-electron chi connectivity index (χ3n) is 0.843. The molecule has 0 unspecified atom stereocenters. The molecule has 1 aliphatic rings.